The largest absolute Gasteiger partial charge is 0.465 e. The van der Waals surface area contributed by atoms with Crippen LogP contribution < -0.4 is 11.1 Å². The number of nitrogens with one attached hydrogen (secondary N) is 1. The zero-order valence-corrected chi connectivity index (χ0v) is 12.6. The molecule has 5 N–H and O–H groups in total. The van der Waals surface area contributed by atoms with E-state index in [9.17, 15) is 9.90 Å². The summed E-state index contributed by atoms with van der Waals surface area (Å²) in [5.41, 5.74) is 5.17. The van der Waals surface area contributed by atoms with Crippen LogP contribution in [0.3, 0.4) is 0 Å². The monoisotopic (exact) mass is 293 g/mol. The van der Waals surface area contributed by atoms with Crippen LogP contribution in [0.1, 0.15) is 39.2 Å². The third kappa shape index (κ3) is 3.87. The van der Waals surface area contributed by atoms with Gasteiger partial charge in [0, 0.05) is 6.42 Å². The van der Waals surface area contributed by atoms with Crippen LogP contribution >= 0.6 is 0 Å². The molecule has 0 bridgehead atoms. The zero-order valence-electron chi connectivity index (χ0n) is 12.6. The summed E-state index contributed by atoms with van der Waals surface area (Å²) in [5.74, 6) is 0.0757. The first-order chi connectivity index (χ1) is 9.73. The highest BCUT2D eigenvalue weighted by Gasteiger charge is 2.44. The van der Waals surface area contributed by atoms with Gasteiger partial charge in [0.2, 0.25) is 0 Å². The van der Waals surface area contributed by atoms with E-state index in [1.54, 1.807) is 0 Å². The molecule has 1 amide bonds. The molecule has 1 aromatic rings. The highest BCUT2D eigenvalue weighted by Crippen LogP contribution is 2.42. The molecular weight excluding hydrogens is 270 g/mol. The number of benzene rings is 1. The summed E-state index contributed by atoms with van der Waals surface area (Å²) in [4.78, 5) is 11.3. The molecule has 6 heteroatoms. The van der Waals surface area contributed by atoms with Crippen LogP contribution in [0, 0.1) is 5.41 Å². The van der Waals surface area contributed by atoms with Crippen molar-refractivity contribution in [2.24, 2.45) is 16.3 Å². The van der Waals surface area contributed by atoms with Gasteiger partial charge in [0.25, 0.3) is 0 Å². The Kier molecular flexibility index (Phi) is 5.18. The Bertz CT molecular complexity index is 509. The summed E-state index contributed by atoms with van der Waals surface area (Å²) in [7, 11) is 0. The van der Waals surface area contributed by atoms with Crippen molar-refractivity contribution in [3.8, 4) is 0 Å². The van der Waals surface area contributed by atoms with Gasteiger partial charge in [0.1, 0.15) is 5.84 Å². The van der Waals surface area contributed by atoms with Crippen molar-refractivity contribution < 1.29 is 15.1 Å². The lowest BCUT2D eigenvalue weighted by Gasteiger charge is -2.45. The van der Waals surface area contributed by atoms with Gasteiger partial charge < -0.3 is 21.4 Å². The second-order valence-electron chi connectivity index (χ2n) is 6.04. The molecule has 0 saturated carbocycles. The summed E-state index contributed by atoms with van der Waals surface area (Å²) < 4.78 is 0. The van der Waals surface area contributed by atoms with Gasteiger partial charge in [-0.15, -0.1) is 0 Å². The topological polar surface area (TPSA) is 108 Å². The van der Waals surface area contributed by atoms with Gasteiger partial charge in [-0.1, -0.05) is 56.3 Å². The Balaban J connectivity index is 3.32. The third-order valence-electron chi connectivity index (χ3n) is 3.75. The highest BCUT2D eigenvalue weighted by molar-refractivity contribution is 5.79. The summed E-state index contributed by atoms with van der Waals surface area (Å²) in [6.45, 7) is 5.88. The predicted octanol–water partition coefficient (Wildman–Crippen LogP) is 2.72. The van der Waals surface area contributed by atoms with Crippen LogP contribution in [-0.4, -0.2) is 22.2 Å². The summed E-state index contributed by atoms with van der Waals surface area (Å²) in [5, 5.41) is 23.6. The van der Waals surface area contributed by atoms with Crippen molar-refractivity contribution in [2.45, 2.75) is 39.2 Å². The van der Waals surface area contributed by atoms with Crippen LogP contribution in [0.25, 0.3) is 0 Å². The van der Waals surface area contributed by atoms with Gasteiger partial charge in [-0.3, -0.25) is 0 Å². The Morgan fingerprint density at radius 3 is 2.29 bits per heavy atom. The molecule has 116 valence electrons. The molecule has 21 heavy (non-hydrogen) atoms. The lowest BCUT2D eigenvalue weighted by molar-refractivity contribution is 0.110. The molecule has 1 unspecified atom stereocenters. The maximum atomic E-state index is 11.3. The Labute approximate surface area is 124 Å². The van der Waals surface area contributed by atoms with Crippen molar-refractivity contribution in [1.82, 2.24) is 5.32 Å². The maximum absolute atomic E-state index is 11.3. The second kappa shape index (κ2) is 6.47. The fourth-order valence-corrected chi connectivity index (χ4v) is 2.55. The molecule has 0 radical (unpaired) electrons. The van der Waals surface area contributed by atoms with Crippen LogP contribution in [0.4, 0.5) is 4.79 Å². The van der Waals surface area contributed by atoms with E-state index in [2.05, 4.69) is 10.5 Å². The van der Waals surface area contributed by atoms with E-state index in [0.29, 0.717) is 6.42 Å². The predicted molar refractivity (Wildman–Crippen MR) is 81.4 cm³/mol. The second-order valence-corrected chi connectivity index (χ2v) is 6.04. The quantitative estimate of drug-likeness (QED) is 0.290. The van der Waals surface area contributed by atoms with E-state index < -0.39 is 17.0 Å². The van der Waals surface area contributed by atoms with Gasteiger partial charge in [-0.2, -0.15) is 0 Å². The number of rotatable bonds is 5. The standard InChI is InChI=1S/C15H23N3O3/c1-14(2,3)15(17-13(19)20,10-9-12(16)18-21)11-7-5-4-6-8-11/h4-8,17,21H,9-10H2,1-3H3,(H2,16,18)(H,19,20). The van der Waals surface area contributed by atoms with Gasteiger partial charge in [-0.25, -0.2) is 4.79 Å². The summed E-state index contributed by atoms with van der Waals surface area (Å²) in [6.07, 6.45) is -0.431. The molecule has 0 saturated heterocycles. The van der Waals surface area contributed by atoms with Gasteiger partial charge in [0.15, 0.2) is 0 Å². The molecule has 0 aliphatic rings. The number of nitrogens with zero attached hydrogens (tertiary/aromatic N) is 1. The molecule has 1 aromatic carbocycles. The molecule has 0 spiro atoms. The average Bonchev–Trinajstić information content (AvgIpc) is 2.42. The number of carboxylic acid groups (broad SMARTS) is 1. The number of hydrogen-bond acceptors (Lipinski definition) is 3. The molecule has 6 nitrogen and oxygen atoms in total. The van der Waals surface area contributed by atoms with Crippen molar-refractivity contribution in [2.75, 3.05) is 0 Å². The van der Waals surface area contributed by atoms with E-state index in [4.69, 9.17) is 10.9 Å². The number of hydrogen-bond donors (Lipinski definition) is 4. The molecule has 0 aliphatic carbocycles. The van der Waals surface area contributed by atoms with Gasteiger partial charge >= 0.3 is 6.09 Å². The van der Waals surface area contributed by atoms with Crippen LogP contribution in [0.5, 0.6) is 0 Å². The smallest absolute Gasteiger partial charge is 0.405 e. The molecule has 0 fully saturated rings. The summed E-state index contributed by atoms with van der Waals surface area (Å²) in [6, 6.07) is 9.37. The van der Waals surface area contributed by atoms with Gasteiger partial charge in [0.05, 0.1) is 5.54 Å². The zero-order chi connectivity index (χ0) is 16.1. The highest BCUT2D eigenvalue weighted by atomic mass is 16.4. The fraction of sp³-hybridized carbons (Fsp3) is 0.467. The normalized spacial score (nSPS) is 15.3. The fourth-order valence-electron chi connectivity index (χ4n) is 2.55. The number of nitrogens with two attached hydrogens (primary N) is 1. The Morgan fingerprint density at radius 2 is 1.86 bits per heavy atom. The third-order valence-corrected chi connectivity index (χ3v) is 3.75. The Morgan fingerprint density at radius 1 is 1.29 bits per heavy atom. The van der Waals surface area contributed by atoms with E-state index in [1.165, 1.54) is 0 Å². The van der Waals surface area contributed by atoms with E-state index >= 15 is 0 Å². The number of oxime groups is 1. The first kappa shape index (κ1) is 16.8. The number of amidine groups is 1. The molecule has 0 aromatic heterocycles. The van der Waals surface area contributed by atoms with Crippen LogP contribution in [0.2, 0.25) is 0 Å². The lowest BCUT2D eigenvalue weighted by Crippen LogP contribution is -2.54. The lowest BCUT2D eigenvalue weighted by atomic mass is 9.67. The number of amides is 1. The average molecular weight is 293 g/mol. The minimum Gasteiger partial charge on any atom is -0.465 e. The molecule has 1 atom stereocenters. The maximum Gasteiger partial charge on any atom is 0.405 e. The minimum absolute atomic E-state index is 0.0757. The summed E-state index contributed by atoms with van der Waals surface area (Å²) >= 11 is 0. The van der Waals surface area contributed by atoms with Crippen molar-refractivity contribution in [3.05, 3.63) is 35.9 Å². The Hall–Kier alpha value is -2.24. The van der Waals surface area contributed by atoms with Crippen LogP contribution in [0.15, 0.2) is 35.5 Å². The van der Waals surface area contributed by atoms with Crippen LogP contribution in [-0.2, 0) is 5.54 Å². The molecular formula is C15H23N3O3. The van der Waals surface area contributed by atoms with Crippen molar-refractivity contribution >= 4 is 11.9 Å². The minimum atomic E-state index is -1.10. The molecule has 1 rings (SSSR count). The van der Waals surface area contributed by atoms with Gasteiger partial charge in [-0.05, 0) is 17.4 Å². The van der Waals surface area contributed by atoms with E-state index in [0.717, 1.165) is 5.56 Å². The molecule has 0 aliphatic heterocycles. The number of carbonyl (C=O) groups is 1. The SMILES string of the molecule is CC(C)(C)C(CCC(N)=NO)(NC(=O)O)c1ccccc1. The van der Waals surface area contributed by atoms with E-state index in [1.807, 2.05) is 51.1 Å². The van der Waals surface area contributed by atoms with E-state index in [-0.39, 0.29) is 12.3 Å². The van der Waals surface area contributed by atoms with Crippen molar-refractivity contribution in [1.29, 1.82) is 0 Å². The van der Waals surface area contributed by atoms with Crippen molar-refractivity contribution in [3.63, 3.8) is 0 Å². The molecule has 0 heterocycles. The first-order valence-corrected chi connectivity index (χ1v) is 6.76. The first-order valence-electron chi connectivity index (χ1n) is 6.76.